The van der Waals surface area contributed by atoms with E-state index < -0.39 is 11.7 Å². The van der Waals surface area contributed by atoms with Crippen molar-refractivity contribution in [1.29, 1.82) is 0 Å². The Bertz CT molecular complexity index is 1000. The number of nitrogens with zero attached hydrogens (tertiary/aromatic N) is 1. The van der Waals surface area contributed by atoms with Crippen LogP contribution in [0.25, 0.3) is 10.9 Å². The zero-order chi connectivity index (χ0) is 20.1. The van der Waals surface area contributed by atoms with Gasteiger partial charge in [-0.05, 0) is 67.3 Å². The van der Waals surface area contributed by atoms with Gasteiger partial charge in [0, 0.05) is 23.1 Å². The largest absolute Gasteiger partial charge is 0.416 e. The molecule has 0 saturated heterocycles. The maximum atomic E-state index is 12.6. The first-order valence-corrected chi connectivity index (χ1v) is 9.44. The highest BCUT2D eigenvalue weighted by atomic mass is 19.4. The highest BCUT2D eigenvalue weighted by Crippen LogP contribution is 2.29. The van der Waals surface area contributed by atoms with E-state index in [1.54, 1.807) is 0 Å². The maximum Gasteiger partial charge on any atom is 0.416 e. The third-order valence-corrected chi connectivity index (χ3v) is 4.63. The van der Waals surface area contributed by atoms with Gasteiger partial charge in [-0.1, -0.05) is 25.3 Å². The summed E-state index contributed by atoms with van der Waals surface area (Å²) in [5, 5.41) is 4.23. The normalized spacial score (nSPS) is 11.3. The van der Waals surface area contributed by atoms with Crippen LogP contribution in [0.5, 0.6) is 0 Å². The molecular formula is C23H23F3N2. The van der Waals surface area contributed by atoms with Crippen molar-refractivity contribution in [2.45, 2.75) is 39.4 Å². The minimum atomic E-state index is -4.32. The lowest BCUT2D eigenvalue weighted by Crippen LogP contribution is -2.05. The van der Waals surface area contributed by atoms with Gasteiger partial charge in [-0.2, -0.15) is 13.2 Å². The van der Waals surface area contributed by atoms with Crippen LogP contribution in [0, 0.1) is 11.8 Å². The number of fused-ring (bicyclic) bond motifs is 1. The van der Waals surface area contributed by atoms with Crippen LogP contribution in [0.3, 0.4) is 0 Å². The molecule has 5 heteroatoms. The smallest absolute Gasteiger partial charge is 0.374 e. The molecule has 0 aliphatic heterocycles. The van der Waals surface area contributed by atoms with E-state index in [4.69, 9.17) is 0 Å². The summed E-state index contributed by atoms with van der Waals surface area (Å²) in [6.07, 6.45) is -2.14. The van der Waals surface area contributed by atoms with Crippen molar-refractivity contribution in [3.63, 3.8) is 0 Å². The van der Waals surface area contributed by atoms with E-state index in [0.717, 1.165) is 37.2 Å². The van der Waals surface area contributed by atoms with Crippen molar-refractivity contribution >= 4 is 16.6 Å². The van der Waals surface area contributed by atoms with Gasteiger partial charge in [0.15, 0.2) is 0 Å². The second-order valence-corrected chi connectivity index (χ2v) is 6.65. The molecule has 0 unspecified atom stereocenters. The fraction of sp³-hybridized carbons (Fsp3) is 0.304. The Morgan fingerprint density at radius 3 is 2.39 bits per heavy atom. The highest BCUT2D eigenvalue weighted by molar-refractivity contribution is 5.83. The van der Waals surface area contributed by atoms with E-state index in [1.807, 2.05) is 0 Å². The maximum absolute atomic E-state index is 12.6. The second kappa shape index (κ2) is 8.43. The van der Waals surface area contributed by atoms with Gasteiger partial charge >= 0.3 is 6.18 Å². The van der Waals surface area contributed by atoms with E-state index in [0.29, 0.717) is 12.2 Å². The van der Waals surface area contributed by atoms with Crippen molar-refractivity contribution in [3.05, 3.63) is 65.4 Å². The number of aromatic nitrogens is 1. The summed E-state index contributed by atoms with van der Waals surface area (Å²) >= 11 is 0. The summed E-state index contributed by atoms with van der Waals surface area (Å²) < 4.78 is 40.0. The quantitative estimate of drug-likeness (QED) is 0.526. The van der Waals surface area contributed by atoms with Crippen LogP contribution >= 0.6 is 0 Å². The van der Waals surface area contributed by atoms with E-state index in [2.05, 4.69) is 59.8 Å². The third-order valence-electron chi connectivity index (χ3n) is 4.63. The predicted octanol–water partition coefficient (Wildman–Crippen LogP) is 6.10. The molecule has 146 valence electrons. The number of halogens is 3. The number of hydrogen-bond donors (Lipinski definition) is 1. The van der Waals surface area contributed by atoms with Gasteiger partial charge in [-0.15, -0.1) is 0 Å². The van der Waals surface area contributed by atoms with Gasteiger partial charge in [0.2, 0.25) is 0 Å². The first kappa shape index (κ1) is 19.9. The van der Waals surface area contributed by atoms with E-state index in [-0.39, 0.29) is 0 Å². The minimum absolute atomic E-state index is 0.359. The molecule has 1 heterocycles. The molecular weight excluding hydrogens is 361 g/mol. The Morgan fingerprint density at radius 2 is 1.75 bits per heavy atom. The summed E-state index contributed by atoms with van der Waals surface area (Å²) in [5.41, 5.74) is 3.40. The summed E-state index contributed by atoms with van der Waals surface area (Å²) in [6.45, 7) is 5.44. The third kappa shape index (κ3) is 4.51. The lowest BCUT2D eigenvalue weighted by molar-refractivity contribution is -0.137. The molecule has 2 aromatic carbocycles. The van der Waals surface area contributed by atoms with Crippen LogP contribution in [0.15, 0.2) is 48.5 Å². The molecule has 0 aliphatic rings. The average Bonchev–Trinajstić information content (AvgIpc) is 3.01. The fourth-order valence-corrected chi connectivity index (χ4v) is 3.27. The number of benzene rings is 2. The standard InChI is InChI=1S/C23H23F3N2/c1-3-6-17-8-13-22-18(15-17)16-21(28(22)4-2)7-5-14-27-20-11-9-19(10-12-20)23(24,25)26/h8-13,15-16,27H,3-4,6,14H2,1-2H3. The van der Waals surface area contributed by atoms with Crippen LogP contribution in [0.1, 0.15) is 37.1 Å². The summed E-state index contributed by atoms with van der Waals surface area (Å²) in [5.74, 6) is 6.25. The summed E-state index contributed by atoms with van der Waals surface area (Å²) in [4.78, 5) is 0. The van der Waals surface area contributed by atoms with Crippen molar-refractivity contribution in [2.75, 3.05) is 11.9 Å². The highest BCUT2D eigenvalue weighted by Gasteiger charge is 2.29. The topological polar surface area (TPSA) is 17.0 Å². The average molecular weight is 384 g/mol. The van der Waals surface area contributed by atoms with Crippen LogP contribution in [0.2, 0.25) is 0 Å². The SMILES string of the molecule is CCCc1ccc2c(c1)cc(C#CCNc1ccc(C(F)(F)F)cc1)n2CC. The van der Waals surface area contributed by atoms with Crippen molar-refractivity contribution in [1.82, 2.24) is 4.57 Å². The Labute approximate surface area is 163 Å². The Kier molecular flexibility index (Phi) is 5.99. The zero-order valence-corrected chi connectivity index (χ0v) is 16.0. The molecule has 0 atom stereocenters. The van der Waals surface area contributed by atoms with Gasteiger partial charge in [-0.25, -0.2) is 0 Å². The Morgan fingerprint density at radius 1 is 1.00 bits per heavy atom. The van der Waals surface area contributed by atoms with Crippen molar-refractivity contribution in [3.8, 4) is 11.8 Å². The molecule has 3 aromatic rings. The number of nitrogens with one attached hydrogen (secondary N) is 1. The molecule has 3 rings (SSSR count). The predicted molar refractivity (Wildman–Crippen MR) is 108 cm³/mol. The number of anilines is 1. The van der Waals surface area contributed by atoms with Crippen LogP contribution in [0.4, 0.5) is 18.9 Å². The van der Waals surface area contributed by atoms with Gasteiger partial charge < -0.3 is 9.88 Å². The molecule has 2 nitrogen and oxygen atoms in total. The monoisotopic (exact) mass is 384 g/mol. The Balaban J connectivity index is 1.72. The van der Waals surface area contributed by atoms with Crippen LogP contribution < -0.4 is 5.32 Å². The van der Waals surface area contributed by atoms with E-state index >= 15 is 0 Å². The van der Waals surface area contributed by atoms with Gasteiger partial charge in [-0.3, -0.25) is 0 Å². The molecule has 1 aromatic heterocycles. The zero-order valence-electron chi connectivity index (χ0n) is 16.0. The lowest BCUT2D eigenvalue weighted by atomic mass is 10.1. The summed E-state index contributed by atoms with van der Waals surface area (Å²) in [7, 11) is 0. The molecule has 28 heavy (non-hydrogen) atoms. The molecule has 0 saturated carbocycles. The number of aryl methyl sites for hydroxylation is 2. The molecule has 0 radical (unpaired) electrons. The van der Waals surface area contributed by atoms with Crippen molar-refractivity contribution in [2.24, 2.45) is 0 Å². The van der Waals surface area contributed by atoms with Gasteiger partial charge in [0.1, 0.15) is 0 Å². The second-order valence-electron chi connectivity index (χ2n) is 6.65. The van der Waals surface area contributed by atoms with E-state index in [9.17, 15) is 13.2 Å². The molecule has 0 spiro atoms. The molecule has 0 bridgehead atoms. The van der Waals surface area contributed by atoms with Gasteiger partial charge in [0.25, 0.3) is 0 Å². The minimum Gasteiger partial charge on any atom is -0.374 e. The van der Waals surface area contributed by atoms with Crippen LogP contribution in [-0.2, 0) is 19.1 Å². The first-order chi connectivity index (χ1) is 13.4. The number of alkyl halides is 3. The van der Waals surface area contributed by atoms with E-state index in [1.165, 1.54) is 28.6 Å². The van der Waals surface area contributed by atoms with Crippen LogP contribution in [-0.4, -0.2) is 11.1 Å². The number of rotatable bonds is 5. The molecule has 1 N–H and O–H groups in total. The lowest BCUT2D eigenvalue weighted by Gasteiger charge is -2.07. The molecule has 0 amide bonds. The number of hydrogen-bond acceptors (Lipinski definition) is 1. The molecule has 0 aliphatic carbocycles. The Hall–Kier alpha value is -2.87. The molecule has 0 fully saturated rings. The first-order valence-electron chi connectivity index (χ1n) is 9.44. The van der Waals surface area contributed by atoms with Gasteiger partial charge in [0.05, 0.1) is 17.8 Å². The summed E-state index contributed by atoms with van der Waals surface area (Å²) in [6, 6.07) is 13.6. The fourth-order valence-electron chi connectivity index (χ4n) is 3.27. The van der Waals surface area contributed by atoms with Crippen molar-refractivity contribution < 1.29 is 13.2 Å².